The molecule has 42 heavy (non-hydrogen) atoms. The van der Waals surface area contributed by atoms with Crippen LogP contribution in [0.5, 0.6) is 0 Å². The normalized spacial score (nSPS) is 12.6. The standard InChI is InChI=1S/C34H67N3O5/c1-8-9-10-11-17-22-27-37(32(40)42-34(5,6)7)28-23-18-15-13-12-14-16-19-25-30(38)29(24-20-21-26-35)36-31(39)41-33(2,3)4/h29H,8-28,35H2,1-7H3,(H,36,39)/t29-/m0/s1. The zero-order valence-corrected chi connectivity index (χ0v) is 28.5. The van der Waals surface area contributed by atoms with Gasteiger partial charge < -0.3 is 25.4 Å². The molecule has 8 heteroatoms. The van der Waals surface area contributed by atoms with Crippen molar-refractivity contribution in [1.29, 1.82) is 0 Å². The first-order chi connectivity index (χ1) is 19.8. The molecular weight excluding hydrogens is 530 g/mol. The lowest BCUT2D eigenvalue weighted by molar-refractivity contribution is -0.121. The van der Waals surface area contributed by atoms with Crippen molar-refractivity contribution in [3.8, 4) is 0 Å². The number of Topliss-reactive ketones (excluding diaryl/α,β-unsaturated/α-hetero) is 1. The molecule has 0 unspecified atom stereocenters. The summed E-state index contributed by atoms with van der Waals surface area (Å²) in [6, 6.07) is -0.507. The molecule has 0 aliphatic carbocycles. The monoisotopic (exact) mass is 598 g/mol. The van der Waals surface area contributed by atoms with Gasteiger partial charge in [-0.05, 0) is 86.6 Å². The minimum absolute atomic E-state index is 0.0772. The van der Waals surface area contributed by atoms with Gasteiger partial charge in [0.15, 0.2) is 5.78 Å². The molecule has 0 bridgehead atoms. The highest BCUT2D eigenvalue weighted by atomic mass is 16.6. The minimum Gasteiger partial charge on any atom is -0.444 e. The highest BCUT2D eigenvalue weighted by Crippen LogP contribution is 2.16. The topological polar surface area (TPSA) is 111 Å². The fourth-order valence-corrected chi connectivity index (χ4v) is 4.80. The second kappa shape index (κ2) is 23.6. The van der Waals surface area contributed by atoms with Crippen LogP contribution in [0.2, 0.25) is 0 Å². The third-order valence-corrected chi connectivity index (χ3v) is 7.06. The van der Waals surface area contributed by atoms with E-state index in [0.29, 0.717) is 19.4 Å². The van der Waals surface area contributed by atoms with Gasteiger partial charge in [0.25, 0.3) is 0 Å². The summed E-state index contributed by atoms with van der Waals surface area (Å²) in [6.45, 7) is 15.6. The molecule has 0 rings (SSSR count). The summed E-state index contributed by atoms with van der Waals surface area (Å²) in [4.78, 5) is 39.6. The third kappa shape index (κ3) is 24.7. The maximum atomic E-state index is 12.8. The van der Waals surface area contributed by atoms with Gasteiger partial charge in [0.1, 0.15) is 11.2 Å². The number of ketones is 1. The lowest BCUT2D eigenvalue weighted by Gasteiger charge is -2.27. The fraction of sp³-hybridized carbons (Fsp3) is 0.912. The smallest absolute Gasteiger partial charge is 0.410 e. The molecule has 0 aromatic heterocycles. The van der Waals surface area contributed by atoms with Crippen LogP contribution >= 0.6 is 0 Å². The summed E-state index contributed by atoms with van der Waals surface area (Å²) in [7, 11) is 0. The molecule has 0 saturated carbocycles. The number of carbonyl (C=O) groups excluding carboxylic acids is 3. The van der Waals surface area contributed by atoms with Crippen molar-refractivity contribution in [3.63, 3.8) is 0 Å². The van der Waals surface area contributed by atoms with Gasteiger partial charge in [-0.15, -0.1) is 0 Å². The number of nitrogens with two attached hydrogens (primary N) is 1. The van der Waals surface area contributed by atoms with Crippen LogP contribution in [0.25, 0.3) is 0 Å². The van der Waals surface area contributed by atoms with Gasteiger partial charge in [0.05, 0.1) is 6.04 Å². The Morgan fingerprint density at radius 1 is 0.667 bits per heavy atom. The maximum Gasteiger partial charge on any atom is 0.410 e. The van der Waals surface area contributed by atoms with Gasteiger partial charge in [0, 0.05) is 19.5 Å². The first-order valence-electron chi connectivity index (χ1n) is 17.0. The predicted molar refractivity (Wildman–Crippen MR) is 174 cm³/mol. The summed E-state index contributed by atoms with van der Waals surface area (Å²) in [5, 5.41) is 2.78. The van der Waals surface area contributed by atoms with Crippen LogP contribution in [0.1, 0.15) is 164 Å². The van der Waals surface area contributed by atoms with Crippen LogP contribution in [0.3, 0.4) is 0 Å². The van der Waals surface area contributed by atoms with Crippen molar-refractivity contribution in [1.82, 2.24) is 10.2 Å². The molecule has 0 heterocycles. The Kier molecular flexibility index (Phi) is 22.6. The molecule has 3 N–H and O–H groups in total. The molecule has 0 aromatic carbocycles. The molecule has 0 spiro atoms. The molecule has 0 aliphatic heterocycles. The second-order valence-electron chi connectivity index (χ2n) is 13.8. The Morgan fingerprint density at radius 2 is 1.14 bits per heavy atom. The zero-order chi connectivity index (χ0) is 31.9. The Hall–Kier alpha value is -1.83. The number of hydrogen-bond acceptors (Lipinski definition) is 6. The summed E-state index contributed by atoms with van der Waals surface area (Å²) >= 11 is 0. The number of carbonyl (C=O) groups is 3. The number of ether oxygens (including phenoxy) is 2. The number of rotatable bonds is 24. The lowest BCUT2D eigenvalue weighted by atomic mass is 9.99. The lowest BCUT2D eigenvalue weighted by Crippen LogP contribution is -2.43. The molecule has 1 atom stereocenters. The number of hydrogen-bond donors (Lipinski definition) is 2. The number of alkyl carbamates (subject to hydrolysis) is 1. The van der Waals surface area contributed by atoms with E-state index in [1.165, 1.54) is 38.5 Å². The van der Waals surface area contributed by atoms with E-state index in [1.807, 2.05) is 46.4 Å². The number of amides is 2. The Labute approximate surface area is 258 Å². The van der Waals surface area contributed by atoms with E-state index in [1.54, 1.807) is 0 Å². The van der Waals surface area contributed by atoms with E-state index < -0.39 is 23.3 Å². The first kappa shape index (κ1) is 40.2. The van der Waals surface area contributed by atoms with Crippen molar-refractivity contribution in [2.24, 2.45) is 5.73 Å². The molecule has 0 aliphatic rings. The van der Waals surface area contributed by atoms with Crippen molar-refractivity contribution in [2.45, 2.75) is 181 Å². The van der Waals surface area contributed by atoms with Crippen LogP contribution in [-0.4, -0.2) is 59.7 Å². The number of nitrogens with one attached hydrogen (secondary N) is 1. The van der Waals surface area contributed by atoms with Crippen molar-refractivity contribution < 1.29 is 23.9 Å². The summed E-state index contributed by atoms with van der Waals surface area (Å²) in [5.74, 6) is 0.0772. The van der Waals surface area contributed by atoms with Crippen LogP contribution < -0.4 is 11.1 Å². The quantitative estimate of drug-likeness (QED) is 0.108. The van der Waals surface area contributed by atoms with E-state index in [9.17, 15) is 14.4 Å². The van der Waals surface area contributed by atoms with Gasteiger partial charge in [-0.2, -0.15) is 0 Å². The SMILES string of the molecule is CCCCCCCCN(CCCCCCCCCCC(=O)[C@H](CCCCN)NC(=O)OC(C)(C)C)C(=O)OC(C)(C)C. The Bertz CT molecular complexity index is 715. The van der Waals surface area contributed by atoms with E-state index >= 15 is 0 Å². The van der Waals surface area contributed by atoms with Gasteiger partial charge in [-0.25, -0.2) is 9.59 Å². The van der Waals surface area contributed by atoms with Crippen molar-refractivity contribution in [2.75, 3.05) is 19.6 Å². The van der Waals surface area contributed by atoms with Gasteiger partial charge >= 0.3 is 12.2 Å². The molecule has 2 amide bonds. The van der Waals surface area contributed by atoms with Crippen LogP contribution in [0.15, 0.2) is 0 Å². The predicted octanol–water partition coefficient (Wildman–Crippen LogP) is 8.69. The number of nitrogens with zero attached hydrogens (tertiary/aromatic N) is 1. The number of unbranched alkanes of at least 4 members (excludes halogenated alkanes) is 13. The van der Waals surface area contributed by atoms with Crippen LogP contribution in [-0.2, 0) is 14.3 Å². The van der Waals surface area contributed by atoms with Crippen LogP contribution in [0, 0.1) is 0 Å². The average molecular weight is 598 g/mol. The minimum atomic E-state index is -0.597. The summed E-state index contributed by atoms with van der Waals surface area (Å²) < 4.78 is 11.0. The Morgan fingerprint density at radius 3 is 1.62 bits per heavy atom. The Balaban J connectivity index is 4.26. The van der Waals surface area contributed by atoms with E-state index in [0.717, 1.165) is 77.3 Å². The van der Waals surface area contributed by atoms with E-state index in [4.69, 9.17) is 15.2 Å². The largest absolute Gasteiger partial charge is 0.444 e. The van der Waals surface area contributed by atoms with Crippen molar-refractivity contribution in [3.05, 3.63) is 0 Å². The maximum absolute atomic E-state index is 12.8. The van der Waals surface area contributed by atoms with E-state index in [2.05, 4.69) is 12.2 Å². The average Bonchev–Trinajstić information content (AvgIpc) is 2.87. The van der Waals surface area contributed by atoms with Crippen LogP contribution in [0.4, 0.5) is 9.59 Å². The molecular formula is C34H67N3O5. The highest BCUT2D eigenvalue weighted by molar-refractivity contribution is 5.87. The molecule has 0 fully saturated rings. The molecule has 8 nitrogen and oxygen atoms in total. The third-order valence-electron chi connectivity index (χ3n) is 7.06. The molecule has 248 valence electrons. The molecule has 0 aromatic rings. The van der Waals surface area contributed by atoms with Crippen molar-refractivity contribution >= 4 is 18.0 Å². The summed E-state index contributed by atoms with van der Waals surface area (Å²) in [6.07, 6.45) is 17.8. The van der Waals surface area contributed by atoms with Gasteiger partial charge in [-0.1, -0.05) is 77.6 Å². The molecule has 0 saturated heterocycles. The highest BCUT2D eigenvalue weighted by Gasteiger charge is 2.24. The van der Waals surface area contributed by atoms with E-state index in [-0.39, 0.29) is 11.9 Å². The summed E-state index contributed by atoms with van der Waals surface area (Å²) in [5.41, 5.74) is 4.53. The first-order valence-corrected chi connectivity index (χ1v) is 17.0. The zero-order valence-electron chi connectivity index (χ0n) is 28.5. The fourth-order valence-electron chi connectivity index (χ4n) is 4.80. The van der Waals surface area contributed by atoms with Gasteiger partial charge in [0.2, 0.25) is 0 Å². The second-order valence-corrected chi connectivity index (χ2v) is 13.8. The van der Waals surface area contributed by atoms with Gasteiger partial charge in [-0.3, -0.25) is 4.79 Å². The molecule has 0 radical (unpaired) electrons.